The van der Waals surface area contributed by atoms with Gasteiger partial charge in [0.15, 0.2) is 0 Å². The van der Waals surface area contributed by atoms with Crippen LogP contribution in [0, 0.1) is 0 Å². The van der Waals surface area contributed by atoms with Gasteiger partial charge in [-0.25, -0.2) is 4.98 Å². The normalized spacial score (nSPS) is 14.1. The highest BCUT2D eigenvalue weighted by Gasteiger charge is 2.28. The molecule has 1 N–H and O–H groups in total. The van der Waals surface area contributed by atoms with E-state index >= 15 is 0 Å². The Hall–Kier alpha value is -1.85. The molecular weight excluding hydrogens is 304 g/mol. The zero-order valence-electron chi connectivity index (χ0n) is 12.5. The predicted octanol–water partition coefficient (Wildman–Crippen LogP) is 3.12. The fourth-order valence-corrected chi connectivity index (χ4v) is 2.77. The van der Waals surface area contributed by atoms with Crippen molar-refractivity contribution in [3.63, 3.8) is 0 Å². The van der Waals surface area contributed by atoms with E-state index in [0.29, 0.717) is 28.1 Å². The molecule has 1 aromatic heterocycles. The number of benzene rings is 1. The molecule has 0 bridgehead atoms. The average Bonchev–Trinajstić information content (AvgIpc) is 3.32. The molecule has 0 amide bonds. The lowest BCUT2D eigenvalue weighted by Gasteiger charge is -2.12. The summed E-state index contributed by atoms with van der Waals surface area (Å²) in [6.45, 7) is 0.273. The average molecular weight is 321 g/mol. The number of halogens is 1. The van der Waals surface area contributed by atoms with Gasteiger partial charge in [-0.2, -0.15) is 0 Å². The van der Waals surface area contributed by atoms with E-state index in [0.717, 1.165) is 24.0 Å². The maximum Gasteiger partial charge on any atom is 0.258 e. The van der Waals surface area contributed by atoms with Crippen LogP contribution >= 0.6 is 11.6 Å². The highest BCUT2D eigenvalue weighted by molar-refractivity contribution is 6.32. The number of hydrogen-bond acceptors (Lipinski definition) is 4. The molecule has 0 atom stereocenters. The molecule has 1 aliphatic rings. The number of ether oxygens (including phenoxy) is 2. The maximum atomic E-state index is 12.4. The van der Waals surface area contributed by atoms with Gasteiger partial charge in [-0.15, -0.1) is 0 Å². The predicted molar refractivity (Wildman–Crippen MR) is 84.5 cm³/mol. The molecule has 3 rings (SSSR count). The van der Waals surface area contributed by atoms with Crippen molar-refractivity contribution in [2.24, 2.45) is 0 Å². The molecular formula is C16H17ClN2O3. The van der Waals surface area contributed by atoms with Crippen molar-refractivity contribution in [3.8, 4) is 16.9 Å². The van der Waals surface area contributed by atoms with Gasteiger partial charge in [0.25, 0.3) is 5.56 Å². The van der Waals surface area contributed by atoms with Crippen molar-refractivity contribution in [1.82, 2.24) is 9.97 Å². The first-order valence-corrected chi connectivity index (χ1v) is 7.46. The van der Waals surface area contributed by atoms with Crippen molar-refractivity contribution >= 4 is 11.6 Å². The molecule has 1 aliphatic carbocycles. The Morgan fingerprint density at radius 1 is 1.32 bits per heavy atom. The summed E-state index contributed by atoms with van der Waals surface area (Å²) in [7, 11) is 3.12. The first kappa shape index (κ1) is 15.1. The van der Waals surface area contributed by atoms with Gasteiger partial charge in [-0.3, -0.25) is 4.79 Å². The van der Waals surface area contributed by atoms with Crippen molar-refractivity contribution in [3.05, 3.63) is 45.1 Å². The van der Waals surface area contributed by atoms with Crippen molar-refractivity contribution in [2.75, 3.05) is 14.2 Å². The minimum absolute atomic E-state index is 0.187. The topological polar surface area (TPSA) is 64.2 Å². The van der Waals surface area contributed by atoms with Crippen LogP contribution in [0.4, 0.5) is 0 Å². The summed E-state index contributed by atoms with van der Waals surface area (Å²) in [5.41, 5.74) is 2.25. The fraction of sp³-hybridized carbons (Fsp3) is 0.375. The number of aromatic amines is 1. The van der Waals surface area contributed by atoms with Gasteiger partial charge in [0.05, 0.1) is 17.7 Å². The van der Waals surface area contributed by atoms with Crippen LogP contribution in [0.15, 0.2) is 23.1 Å². The molecule has 116 valence electrons. The van der Waals surface area contributed by atoms with E-state index in [-0.39, 0.29) is 12.2 Å². The lowest BCUT2D eigenvalue weighted by atomic mass is 9.98. The molecule has 0 spiro atoms. The Bertz CT molecular complexity index is 754. The molecule has 0 unspecified atom stereocenters. The Kier molecular flexibility index (Phi) is 4.18. The van der Waals surface area contributed by atoms with Crippen LogP contribution in [-0.4, -0.2) is 24.2 Å². The van der Waals surface area contributed by atoms with E-state index < -0.39 is 0 Å². The first-order valence-electron chi connectivity index (χ1n) is 7.09. The molecule has 1 fully saturated rings. The van der Waals surface area contributed by atoms with Gasteiger partial charge in [-0.05, 0) is 42.0 Å². The molecule has 1 saturated carbocycles. The van der Waals surface area contributed by atoms with Gasteiger partial charge in [0.1, 0.15) is 18.2 Å². The minimum Gasteiger partial charge on any atom is -0.495 e. The smallest absolute Gasteiger partial charge is 0.258 e. The number of methoxy groups -OCH3 is 2. The van der Waals surface area contributed by atoms with E-state index in [4.69, 9.17) is 21.1 Å². The quantitative estimate of drug-likeness (QED) is 0.919. The van der Waals surface area contributed by atoms with Crippen LogP contribution in [-0.2, 0) is 11.3 Å². The highest BCUT2D eigenvalue weighted by atomic mass is 35.5. The molecule has 0 saturated heterocycles. The van der Waals surface area contributed by atoms with Crippen molar-refractivity contribution in [2.45, 2.75) is 25.4 Å². The van der Waals surface area contributed by atoms with Crippen LogP contribution in [0.2, 0.25) is 5.02 Å². The summed E-state index contributed by atoms with van der Waals surface area (Å²) in [6, 6.07) is 3.72. The SMILES string of the molecule is COCc1ncc(-c2cc(OC)c(Cl)cc2C2CC2)c(=O)[nH]1. The third kappa shape index (κ3) is 2.87. The van der Waals surface area contributed by atoms with Gasteiger partial charge < -0.3 is 14.5 Å². The minimum atomic E-state index is -0.187. The Morgan fingerprint density at radius 2 is 2.09 bits per heavy atom. The van der Waals surface area contributed by atoms with Gasteiger partial charge in [0, 0.05) is 13.3 Å². The number of hydrogen-bond donors (Lipinski definition) is 1. The van der Waals surface area contributed by atoms with Gasteiger partial charge in [-0.1, -0.05) is 11.6 Å². The molecule has 6 heteroatoms. The second-order valence-corrected chi connectivity index (χ2v) is 5.76. The third-order valence-electron chi connectivity index (χ3n) is 3.76. The van der Waals surface area contributed by atoms with Crippen molar-refractivity contribution < 1.29 is 9.47 Å². The van der Waals surface area contributed by atoms with E-state index in [1.54, 1.807) is 20.4 Å². The lowest BCUT2D eigenvalue weighted by Crippen LogP contribution is -2.14. The summed E-state index contributed by atoms with van der Waals surface area (Å²) < 4.78 is 10.3. The van der Waals surface area contributed by atoms with Gasteiger partial charge >= 0.3 is 0 Å². The molecule has 1 heterocycles. The van der Waals surface area contributed by atoms with Crippen LogP contribution in [0.25, 0.3) is 11.1 Å². The van der Waals surface area contributed by atoms with Gasteiger partial charge in [0.2, 0.25) is 0 Å². The Balaban J connectivity index is 2.12. The molecule has 22 heavy (non-hydrogen) atoms. The summed E-state index contributed by atoms with van der Waals surface area (Å²) in [4.78, 5) is 19.4. The summed E-state index contributed by atoms with van der Waals surface area (Å²) in [6.07, 6.45) is 3.81. The lowest BCUT2D eigenvalue weighted by molar-refractivity contribution is 0.177. The monoisotopic (exact) mass is 320 g/mol. The van der Waals surface area contributed by atoms with Crippen LogP contribution in [0.5, 0.6) is 5.75 Å². The number of nitrogens with zero attached hydrogens (tertiary/aromatic N) is 1. The fourth-order valence-electron chi connectivity index (χ4n) is 2.52. The van der Waals surface area contributed by atoms with E-state index in [2.05, 4.69) is 9.97 Å². The first-order chi connectivity index (χ1) is 10.6. The Labute approximate surface area is 133 Å². The molecule has 2 aromatic rings. The highest BCUT2D eigenvalue weighted by Crippen LogP contribution is 2.46. The standard InChI is InChI=1S/C16H17ClN2O3/c1-21-8-15-18-7-12(16(20)19-15)11-6-14(22-2)13(17)5-10(11)9-3-4-9/h5-7,9H,3-4,8H2,1-2H3,(H,18,19,20). The molecule has 1 aromatic carbocycles. The van der Waals surface area contributed by atoms with Crippen molar-refractivity contribution in [1.29, 1.82) is 0 Å². The van der Waals surface area contributed by atoms with E-state index in [9.17, 15) is 4.79 Å². The van der Waals surface area contributed by atoms with E-state index in [1.165, 1.54) is 0 Å². The summed E-state index contributed by atoms with van der Waals surface area (Å²) >= 11 is 6.22. The molecule has 0 radical (unpaired) electrons. The second-order valence-electron chi connectivity index (χ2n) is 5.35. The third-order valence-corrected chi connectivity index (χ3v) is 4.06. The zero-order valence-corrected chi connectivity index (χ0v) is 13.2. The van der Waals surface area contributed by atoms with Crippen LogP contribution in [0.3, 0.4) is 0 Å². The molecule has 5 nitrogen and oxygen atoms in total. The molecule has 0 aliphatic heterocycles. The summed E-state index contributed by atoms with van der Waals surface area (Å²) in [5, 5.41) is 0.563. The Morgan fingerprint density at radius 3 is 2.68 bits per heavy atom. The number of rotatable bonds is 5. The van der Waals surface area contributed by atoms with Crippen LogP contribution < -0.4 is 10.3 Å². The maximum absolute atomic E-state index is 12.4. The largest absolute Gasteiger partial charge is 0.495 e. The number of H-pyrrole nitrogens is 1. The number of nitrogens with one attached hydrogen (secondary N) is 1. The van der Waals surface area contributed by atoms with Crippen LogP contribution in [0.1, 0.15) is 30.1 Å². The van der Waals surface area contributed by atoms with E-state index in [1.807, 2.05) is 12.1 Å². The zero-order chi connectivity index (χ0) is 15.7. The summed E-state index contributed by atoms with van der Waals surface area (Å²) in [5.74, 6) is 1.52. The number of aromatic nitrogens is 2. The second kappa shape index (κ2) is 6.10.